The minimum Gasteiger partial charge on any atom is -0.480 e. The number of carboxylic acids is 1. The number of esters is 1. The molecule has 0 radical (unpaired) electrons. The van der Waals surface area contributed by atoms with Gasteiger partial charge in [-0.15, -0.1) is 0 Å². The van der Waals surface area contributed by atoms with E-state index in [-0.39, 0.29) is 0 Å². The molecule has 0 aromatic carbocycles. The largest absolute Gasteiger partial charge is 0.480 e. The lowest BCUT2D eigenvalue weighted by atomic mass is 10.0. The number of carbonyl (C=O) groups is 2. The van der Waals surface area contributed by atoms with Crippen LogP contribution in [0.1, 0.15) is 27.2 Å². The zero-order valence-electron chi connectivity index (χ0n) is 9.24. The van der Waals surface area contributed by atoms with Crippen LogP contribution < -0.4 is 5.32 Å². The first-order valence-electron chi connectivity index (χ1n) is 5.00. The Bertz CT molecular complexity index is 269. The van der Waals surface area contributed by atoms with E-state index in [1.165, 1.54) is 0 Å². The molecule has 0 aliphatic carbocycles. The van der Waals surface area contributed by atoms with Gasteiger partial charge in [0.1, 0.15) is 11.6 Å². The van der Waals surface area contributed by atoms with Gasteiger partial charge in [0, 0.05) is 0 Å². The number of rotatable bonds is 2. The lowest BCUT2D eigenvalue weighted by molar-refractivity contribution is -0.163. The Morgan fingerprint density at radius 3 is 2.47 bits per heavy atom. The van der Waals surface area contributed by atoms with Crippen LogP contribution in [-0.4, -0.2) is 35.2 Å². The fraction of sp³-hybridized carbons (Fsp3) is 0.800. The average Bonchev–Trinajstić information content (AvgIpc) is 2.47. The smallest absolute Gasteiger partial charge is 0.321 e. The fourth-order valence-corrected chi connectivity index (χ4v) is 1.59. The summed E-state index contributed by atoms with van der Waals surface area (Å²) in [5.41, 5.74) is -0.567. The monoisotopic (exact) mass is 215 g/mol. The Morgan fingerprint density at radius 1 is 1.40 bits per heavy atom. The second-order valence-corrected chi connectivity index (χ2v) is 4.70. The zero-order chi connectivity index (χ0) is 11.6. The van der Waals surface area contributed by atoms with Crippen LogP contribution in [0.15, 0.2) is 0 Å². The number of carboxylic acid groups (broad SMARTS) is 1. The number of aliphatic carboxylic acids is 1. The summed E-state index contributed by atoms with van der Waals surface area (Å²) < 4.78 is 5.16. The van der Waals surface area contributed by atoms with Gasteiger partial charge in [0.05, 0.1) is 5.92 Å². The predicted octanol–water partition coefficient (Wildman–Crippen LogP) is 0.391. The number of nitrogens with one attached hydrogen (secondary N) is 1. The second-order valence-electron chi connectivity index (χ2n) is 4.70. The highest BCUT2D eigenvalue weighted by molar-refractivity contribution is 5.84. The molecule has 5 heteroatoms. The van der Waals surface area contributed by atoms with E-state index >= 15 is 0 Å². The molecule has 1 aliphatic heterocycles. The van der Waals surface area contributed by atoms with E-state index in [9.17, 15) is 9.59 Å². The molecule has 1 fully saturated rings. The molecule has 0 bridgehead atoms. The van der Waals surface area contributed by atoms with Gasteiger partial charge in [-0.2, -0.15) is 0 Å². The van der Waals surface area contributed by atoms with Crippen LogP contribution in [-0.2, 0) is 14.3 Å². The highest BCUT2D eigenvalue weighted by Crippen LogP contribution is 2.20. The summed E-state index contributed by atoms with van der Waals surface area (Å²) in [6, 6.07) is -0.806. The quantitative estimate of drug-likeness (QED) is 0.652. The van der Waals surface area contributed by atoms with Crippen LogP contribution >= 0.6 is 0 Å². The number of hydrogen-bond acceptors (Lipinski definition) is 4. The van der Waals surface area contributed by atoms with Crippen LogP contribution in [0.2, 0.25) is 0 Å². The minimum absolute atomic E-state index is 0.431. The van der Waals surface area contributed by atoms with Crippen LogP contribution in [0.5, 0.6) is 0 Å². The average molecular weight is 215 g/mol. The fourth-order valence-electron chi connectivity index (χ4n) is 1.59. The molecule has 0 unspecified atom stereocenters. The van der Waals surface area contributed by atoms with Gasteiger partial charge < -0.3 is 15.2 Å². The molecule has 1 heterocycles. The van der Waals surface area contributed by atoms with Gasteiger partial charge in [0.15, 0.2) is 0 Å². The lowest BCUT2D eigenvalue weighted by Crippen LogP contribution is -2.41. The Labute approximate surface area is 88.8 Å². The summed E-state index contributed by atoms with van der Waals surface area (Å²) in [5, 5.41) is 11.6. The van der Waals surface area contributed by atoms with Crippen molar-refractivity contribution in [3.05, 3.63) is 0 Å². The normalized spacial score (nSPS) is 26.3. The van der Waals surface area contributed by atoms with Crippen molar-refractivity contribution in [2.24, 2.45) is 5.92 Å². The van der Waals surface area contributed by atoms with Crippen molar-refractivity contribution in [1.82, 2.24) is 5.32 Å². The van der Waals surface area contributed by atoms with E-state index in [1.54, 1.807) is 20.8 Å². The molecule has 1 aliphatic rings. The SMILES string of the molecule is CC(C)(C)OC(=O)[C@H]1CCN[C@@H]1C(=O)O. The number of hydrogen-bond donors (Lipinski definition) is 2. The van der Waals surface area contributed by atoms with Crippen molar-refractivity contribution in [2.45, 2.75) is 38.8 Å². The highest BCUT2D eigenvalue weighted by Gasteiger charge is 2.39. The molecule has 15 heavy (non-hydrogen) atoms. The molecule has 5 nitrogen and oxygen atoms in total. The maximum Gasteiger partial charge on any atom is 0.321 e. The van der Waals surface area contributed by atoms with Crippen LogP contribution in [0.25, 0.3) is 0 Å². The molecule has 0 saturated carbocycles. The molecular weight excluding hydrogens is 198 g/mol. The maximum absolute atomic E-state index is 11.7. The first-order chi connectivity index (χ1) is 6.81. The third kappa shape index (κ3) is 3.20. The van der Waals surface area contributed by atoms with Crippen molar-refractivity contribution in [1.29, 1.82) is 0 Å². The van der Waals surface area contributed by atoms with E-state index in [0.29, 0.717) is 13.0 Å². The number of carbonyl (C=O) groups excluding carboxylic acids is 1. The number of ether oxygens (including phenoxy) is 1. The van der Waals surface area contributed by atoms with E-state index in [1.807, 2.05) is 0 Å². The summed E-state index contributed by atoms with van der Waals surface area (Å²) in [7, 11) is 0. The Kier molecular flexibility index (Phi) is 3.34. The van der Waals surface area contributed by atoms with E-state index in [0.717, 1.165) is 0 Å². The van der Waals surface area contributed by atoms with Crippen molar-refractivity contribution in [3.8, 4) is 0 Å². The molecule has 2 atom stereocenters. The predicted molar refractivity (Wildman–Crippen MR) is 53.4 cm³/mol. The second kappa shape index (κ2) is 4.18. The molecule has 0 amide bonds. The summed E-state index contributed by atoms with van der Waals surface area (Å²) in [6.45, 7) is 5.84. The van der Waals surface area contributed by atoms with Gasteiger partial charge in [0.2, 0.25) is 0 Å². The van der Waals surface area contributed by atoms with E-state index in [2.05, 4.69) is 5.32 Å². The Balaban J connectivity index is 2.63. The molecular formula is C10H17NO4. The van der Waals surface area contributed by atoms with Gasteiger partial charge in [-0.3, -0.25) is 9.59 Å². The van der Waals surface area contributed by atoms with Crippen molar-refractivity contribution >= 4 is 11.9 Å². The topological polar surface area (TPSA) is 75.6 Å². The van der Waals surface area contributed by atoms with Gasteiger partial charge in [0.25, 0.3) is 0 Å². The molecule has 86 valence electrons. The van der Waals surface area contributed by atoms with Crippen molar-refractivity contribution < 1.29 is 19.4 Å². The molecule has 2 N–H and O–H groups in total. The lowest BCUT2D eigenvalue weighted by Gasteiger charge is -2.23. The van der Waals surface area contributed by atoms with Gasteiger partial charge in [-0.25, -0.2) is 0 Å². The first-order valence-corrected chi connectivity index (χ1v) is 5.00. The van der Waals surface area contributed by atoms with Crippen LogP contribution in [0, 0.1) is 5.92 Å². The zero-order valence-corrected chi connectivity index (χ0v) is 9.24. The maximum atomic E-state index is 11.7. The van der Waals surface area contributed by atoms with Gasteiger partial charge in [-0.05, 0) is 33.7 Å². The molecule has 0 aromatic heterocycles. The minimum atomic E-state index is -0.997. The molecule has 1 rings (SSSR count). The van der Waals surface area contributed by atoms with Crippen LogP contribution in [0.4, 0.5) is 0 Å². The summed E-state index contributed by atoms with van der Waals surface area (Å²) >= 11 is 0. The summed E-state index contributed by atoms with van der Waals surface area (Å²) in [4.78, 5) is 22.5. The van der Waals surface area contributed by atoms with Gasteiger partial charge in [-0.1, -0.05) is 0 Å². The molecule has 0 spiro atoms. The van der Waals surface area contributed by atoms with Crippen molar-refractivity contribution in [3.63, 3.8) is 0 Å². The summed E-state index contributed by atoms with van der Waals surface area (Å²) in [5.74, 6) is -2.00. The van der Waals surface area contributed by atoms with E-state index < -0.39 is 29.5 Å². The standard InChI is InChI=1S/C10H17NO4/c1-10(2,3)15-9(14)6-4-5-11-7(6)8(12)13/h6-7,11H,4-5H2,1-3H3,(H,12,13)/t6-,7-/m0/s1. The third-order valence-electron chi connectivity index (χ3n) is 2.20. The first kappa shape index (κ1) is 12.0. The Hall–Kier alpha value is -1.10. The Morgan fingerprint density at radius 2 is 2.00 bits per heavy atom. The highest BCUT2D eigenvalue weighted by atomic mass is 16.6. The van der Waals surface area contributed by atoms with E-state index in [4.69, 9.17) is 9.84 Å². The summed E-state index contributed by atoms with van der Waals surface area (Å²) in [6.07, 6.45) is 0.520. The van der Waals surface area contributed by atoms with Crippen molar-refractivity contribution in [2.75, 3.05) is 6.54 Å². The molecule has 0 aromatic rings. The van der Waals surface area contributed by atoms with Gasteiger partial charge >= 0.3 is 11.9 Å². The van der Waals surface area contributed by atoms with Crippen LogP contribution in [0.3, 0.4) is 0 Å². The molecule has 1 saturated heterocycles. The third-order valence-corrected chi connectivity index (χ3v) is 2.20.